The Labute approximate surface area is 222 Å². The number of aromatic nitrogens is 1. The van der Waals surface area contributed by atoms with Crippen molar-refractivity contribution in [3.05, 3.63) is 90.6 Å². The number of furan rings is 1. The molecule has 3 unspecified atom stereocenters. The highest BCUT2D eigenvalue weighted by Gasteiger charge is 2.43. The number of nitrogens with zero attached hydrogens (tertiary/aromatic N) is 2. The van der Waals surface area contributed by atoms with Gasteiger partial charge in [0.2, 0.25) is 0 Å². The molecule has 4 aromatic rings. The van der Waals surface area contributed by atoms with Crippen molar-refractivity contribution in [2.45, 2.75) is 37.5 Å². The topological polar surface area (TPSA) is 91.0 Å². The third-order valence-electron chi connectivity index (χ3n) is 8.00. The highest BCUT2D eigenvalue weighted by atomic mass is 16.3. The Balaban J connectivity index is 1.16. The Bertz CT molecular complexity index is 1420. The summed E-state index contributed by atoms with van der Waals surface area (Å²) < 4.78 is 7.61. The first-order valence-corrected chi connectivity index (χ1v) is 13.3. The quantitative estimate of drug-likeness (QED) is 0.272. The molecule has 2 saturated heterocycles. The zero-order valence-electron chi connectivity index (χ0n) is 21.5. The fraction of sp³-hybridized carbons (Fsp3) is 0.333. The van der Waals surface area contributed by atoms with Gasteiger partial charge in [0.25, 0.3) is 11.7 Å². The van der Waals surface area contributed by atoms with Gasteiger partial charge in [-0.1, -0.05) is 36.4 Å². The number of fused-ring (bicyclic) bond motifs is 1. The molecular formula is C30H33N5O3. The number of piperidine rings is 1. The van der Waals surface area contributed by atoms with Crippen molar-refractivity contribution in [2.75, 3.05) is 26.2 Å². The molecule has 0 radical (unpaired) electrons. The van der Waals surface area contributed by atoms with E-state index in [1.807, 2.05) is 72.9 Å². The SMILES string of the molecule is CC1(c2ccco2)CNCCN1C1CCC(NC(=O)C(=O)c2c(-c3ccccc3)cc3ccccn23)NC1. The van der Waals surface area contributed by atoms with Crippen LogP contribution < -0.4 is 16.0 Å². The fourth-order valence-electron chi connectivity index (χ4n) is 6.03. The second-order valence-corrected chi connectivity index (χ2v) is 10.4. The van der Waals surface area contributed by atoms with Crippen molar-refractivity contribution in [1.82, 2.24) is 25.3 Å². The van der Waals surface area contributed by atoms with Gasteiger partial charge < -0.3 is 19.5 Å². The Morgan fingerprint density at radius 3 is 2.66 bits per heavy atom. The van der Waals surface area contributed by atoms with Crippen molar-refractivity contribution in [3.63, 3.8) is 0 Å². The molecule has 1 amide bonds. The lowest BCUT2D eigenvalue weighted by Gasteiger charge is -2.49. The molecule has 0 spiro atoms. The van der Waals surface area contributed by atoms with E-state index >= 15 is 0 Å². The van der Waals surface area contributed by atoms with Gasteiger partial charge >= 0.3 is 0 Å². The minimum atomic E-state index is -0.593. The zero-order valence-corrected chi connectivity index (χ0v) is 21.5. The molecule has 0 bridgehead atoms. The molecule has 0 aliphatic carbocycles. The number of carbonyl (C=O) groups is 2. The monoisotopic (exact) mass is 511 g/mol. The van der Waals surface area contributed by atoms with Crippen molar-refractivity contribution in [2.24, 2.45) is 0 Å². The number of piperazine rings is 1. The van der Waals surface area contributed by atoms with Gasteiger partial charge in [0.1, 0.15) is 11.5 Å². The van der Waals surface area contributed by atoms with Crippen LogP contribution in [0, 0.1) is 0 Å². The van der Waals surface area contributed by atoms with Crippen LogP contribution >= 0.6 is 0 Å². The summed E-state index contributed by atoms with van der Waals surface area (Å²) in [4.78, 5) is 29.3. The molecule has 196 valence electrons. The first-order chi connectivity index (χ1) is 18.5. The second-order valence-electron chi connectivity index (χ2n) is 10.4. The van der Waals surface area contributed by atoms with Crippen molar-refractivity contribution >= 4 is 17.2 Å². The van der Waals surface area contributed by atoms with Crippen LogP contribution in [0.4, 0.5) is 0 Å². The van der Waals surface area contributed by atoms with E-state index in [2.05, 4.69) is 27.8 Å². The van der Waals surface area contributed by atoms with Crippen LogP contribution in [-0.4, -0.2) is 59.4 Å². The van der Waals surface area contributed by atoms with Crippen LogP contribution in [0.25, 0.3) is 16.6 Å². The summed E-state index contributed by atoms with van der Waals surface area (Å²) in [6, 6.07) is 21.7. The summed E-state index contributed by atoms with van der Waals surface area (Å²) >= 11 is 0. The number of nitrogens with one attached hydrogen (secondary N) is 3. The average Bonchev–Trinajstić information content (AvgIpc) is 3.63. The van der Waals surface area contributed by atoms with Crippen LogP contribution in [0.1, 0.15) is 36.0 Å². The molecule has 2 aliphatic heterocycles. The molecule has 2 fully saturated rings. The molecule has 38 heavy (non-hydrogen) atoms. The van der Waals surface area contributed by atoms with Gasteiger partial charge in [0.15, 0.2) is 0 Å². The maximum Gasteiger partial charge on any atom is 0.295 e. The lowest BCUT2D eigenvalue weighted by atomic mass is 9.89. The normalized spacial score (nSPS) is 24.3. The third kappa shape index (κ3) is 4.45. The number of Topliss-reactive ketones (excluding diaryl/α,β-unsaturated/α-hetero) is 1. The smallest absolute Gasteiger partial charge is 0.295 e. The van der Waals surface area contributed by atoms with Gasteiger partial charge in [0.05, 0.1) is 18.0 Å². The Morgan fingerprint density at radius 2 is 1.89 bits per heavy atom. The molecule has 8 heteroatoms. The molecule has 8 nitrogen and oxygen atoms in total. The average molecular weight is 512 g/mol. The number of benzene rings is 1. The van der Waals surface area contributed by atoms with Gasteiger partial charge in [-0.2, -0.15) is 0 Å². The summed E-state index contributed by atoms with van der Waals surface area (Å²) in [6.07, 6.45) is 4.95. The lowest BCUT2D eigenvalue weighted by Crippen LogP contribution is -2.65. The van der Waals surface area contributed by atoms with E-state index in [0.29, 0.717) is 11.7 Å². The van der Waals surface area contributed by atoms with E-state index < -0.39 is 11.7 Å². The van der Waals surface area contributed by atoms with Crippen LogP contribution in [0.2, 0.25) is 0 Å². The number of hydrogen-bond donors (Lipinski definition) is 3. The number of ketones is 1. The highest BCUT2D eigenvalue weighted by molar-refractivity contribution is 6.43. The first kappa shape index (κ1) is 24.6. The van der Waals surface area contributed by atoms with Crippen LogP contribution in [0.3, 0.4) is 0 Å². The summed E-state index contributed by atoms with van der Waals surface area (Å²) in [5, 5.41) is 9.94. The van der Waals surface area contributed by atoms with E-state index in [4.69, 9.17) is 4.42 Å². The Kier molecular flexibility index (Phi) is 6.61. The lowest BCUT2D eigenvalue weighted by molar-refractivity contribution is -0.118. The summed E-state index contributed by atoms with van der Waals surface area (Å²) in [5.74, 6) is -0.171. The van der Waals surface area contributed by atoms with Crippen molar-refractivity contribution in [3.8, 4) is 11.1 Å². The Morgan fingerprint density at radius 1 is 1.05 bits per heavy atom. The molecule has 2 aliphatic rings. The minimum Gasteiger partial charge on any atom is -0.467 e. The van der Waals surface area contributed by atoms with Crippen molar-refractivity contribution in [1.29, 1.82) is 0 Å². The fourth-order valence-corrected chi connectivity index (χ4v) is 6.03. The maximum atomic E-state index is 13.5. The predicted octanol–water partition coefficient (Wildman–Crippen LogP) is 3.40. The molecule has 5 heterocycles. The van der Waals surface area contributed by atoms with Crippen molar-refractivity contribution < 1.29 is 14.0 Å². The molecular weight excluding hydrogens is 478 g/mol. The summed E-state index contributed by atoms with van der Waals surface area (Å²) in [5.41, 5.74) is 2.68. The number of hydrogen-bond acceptors (Lipinski definition) is 6. The molecule has 3 aromatic heterocycles. The van der Waals surface area contributed by atoms with E-state index in [1.54, 1.807) is 10.7 Å². The maximum absolute atomic E-state index is 13.5. The largest absolute Gasteiger partial charge is 0.467 e. The van der Waals surface area contributed by atoms with Gasteiger partial charge in [-0.05, 0) is 55.7 Å². The molecule has 6 rings (SSSR count). The predicted molar refractivity (Wildman–Crippen MR) is 146 cm³/mol. The number of rotatable bonds is 6. The standard InChI is InChI=1S/C30H33N5O3/c1-30(25-11-7-17-38-25)20-31-14-16-35(30)23-12-13-26(32-19-23)33-29(37)28(36)27-24(21-8-3-2-4-9-21)18-22-10-5-6-15-34(22)27/h2-11,15,17-18,23,26,31-32H,12-14,16,19-20H2,1H3,(H,33,37). The van der Waals surface area contributed by atoms with E-state index in [9.17, 15) is 9.59 Å². The Hall–Kier alpha value is -3.72. The van der Waals surface area contributed by atoms with Gasteiger partial charge in [-0.3, -0.25) is 19.8 Å². The van der Waals surface area contributed by atoms with E-state index in [1.165, 1.54) is 0 Å². The highest BCUT2D eigenvalue weighted by Crippen LogP contribution is 2.34. The second kappa shape index (κ2) is 10.2. The van der Waals surface area contributed by atoms with Crippen LogP contribution in [0.5, 0.6) is 0 Å². The van der Waals surface area contributed by atoms with E-state index in [-0.39, 0.29) is 11.7 Å². The molecule has 3 atom stereocenters. The third-order valence-corrected chi connectivity index (χ3v) is 8.00. The molecule has 1 aromatic carbocycles. The minimum absolute atomic E-state index is 0.232. The van der Waals surface area contributed by atoms with Crippen LogP contribution in [0.15, 0.2) is 83.6 Å². The number of carbonyl (C=O) groups excluding carboxylic acids is 2. The van der Waals surface area contributed by atoms with Gasteiger partial charge in [-0.15, -0.1) is 0 Å². The summed E-state index contributed by atoms with van der Waals surface area (Å²) in [6.45, 7) is 5.61. The van der Waals surface area contributed by atoms with Gasteiger partial charge in [0, 0.05) is 49.5 Å². The number of amides is 1. The van der Waals surface area contributed by atoms with Gasteiger partial charge in [-0.25, -0.2) is 0 Å². The molecule has 0 saturated carbocycles. The van der Waals surface area contributed by atoms with E-state index in [0.717, 1.165) is 61.4 Å². The zero-order chi connectivity index (χ0) is 26.1. The summed E-state index contributed by atoms with van der Waals surface area (Å²) in [7, 11) is 0. The molecule has 3 N–H and O–H groups in total. The number of pyridine rings is 1. The first-order valence-electron chi connectivity index (χ1n) is 13.3. The van der Waals surface area contributed by atoms with Crippen LogP contribution in [-0.2, 0) is 10.3 Å².